The summed E-state index contributed by atoms with van der Waals surface area (Å²) in [5.41, 5.74) is 3.51. The fraction of sp³-hybridized carbons (Fsp3) is 0.200. The predicted octanol–water partition coefficient (Wildman–Crippen LogP) is 4.66. The van der Waals surface area contributed by atoms with Gasteiger partial charge in [-0.05, 0) is 38.2 Å². The van der Waals surface area contributed by atoms with Crippen LogP contribution in [0.25, 0.3) is 0 Å². The molecule has 0 atom stereocenters. The topological polar surface area (TPSA) is 44.0 Å². The SMILES string of the molecule is O=c1c(Br)cn(Cc2cccc(CBr)c2)c(=O)n1Cc1cccc(CBr)c1. The number of rotatable bonds is 6. The van der Waals surface area contributed by atoms with Crippen LogP contribution >= 0.6 is 47.8 Å². The molecule has 140 valence electrons. The van der Waals surface area contributed by atoms with Crippen LogP contribution in [0, 0.1) is 0 Å². The molecule has 2 aromatic carbocycles. The van der Waals surface area contributed by atoms with Crippen LogP contribution in [0.15, 0.2) is 68.8 Å². The fourth-order valence-corrected chi connectivity index (χ4v) is 4.03. The fourth-order valence-electron chi connectivity index (χ4n) is 2.87. The first-order chi connectivity index (χ1) is 13.0. The molecule has 0 unspecified atom stereocenters. The van der Waals surface area contributed by atoms with E-state index in [0.29, 0.717) is 11.0 Å². The molecule has 3 aromatic rings. The number of nitrogens with zero attached hydrogens (tertiary/aromatic N) is 2. The summed E-state index contributed by atoms with van der Waals surface area (Å²) in [5, 5.41) is 1.48. The van der Waals surface area contributed by atoms with E-state index in [1.165, 1.54) is 4.57 Å². The van der Waals surface area contributed by atoms with Crippen molar-refractivity contribution in [1.29, 1.82) is 0 Å². The molecule has 0 radical (unpaired) electrons. The molecule has 0 aliphatic rings. The molecule has 0 aliphatic heterocycles. The zero-order valence-corrected chi connectivity index (χ0v) is 19.1. The Bertz CT molecular complexity index is 1070. The van der Waals surface area contributed by atoms with Crippen LogP contribution in [0.1, 0.15) is 22.3 Å². The molecule has 0 N–H and O–H groups in total. The highest BCUT2D eigenvalue weighted by Crippen LogP contribution is 2.12. The Labute approximate surface area is 182 Å². The predicted molar refractivity (Wildman–Crippen MR) is 119 cm³/mol. The molecular weight excluding hydrogens is 540 g/mol. The van der Waals surface area contributed by atoms with Gasteiger partial charge in [-0.1, -0.05) is 80.4 Å². The highest BCUT2D eigenvalue weighted by molar-refractivity contribution is 9.10. The van der Waals surface area contributed by atoms with Crippen LogP contribution in [0.4, 0.5) is 0 Å². The number of benzene rings is 2. The highest BCUT2D eigenvalue weighted by Gasteiger charge is 2.11. The maximum atomic E-state index is 12.9. The lowest BCUT2D eigenvalue weighted by molar-refractivity contribution is 0.607. The quantitative estimate of drug-likeness (QED) is 0.415. The molecule has 0 saturated heterocycles. The van der Waals surface area contributed by atoms with Gasteiger partial charge in [-0.3, -0.25) is 13.9 Å². The average Bonchev–Trinajstić information content (AvgIpc) is 2.69. The molecule has 0 aliphatic carbocycles. The van der Waals surface area contributed by atoms with Gasteiger partial charge in [-0.15, -0.1) is 0 Å². The summed E-state index contributed by atoms with van der Waals surface area (Å²) in [6, 6.07) is 15.8. The Morgan fingerprint density at radius 2 is 1.30 bits per heavy atom. The van der Waals surface area contributed by atoms with E-state index in [1.807, 2.05) is 48.5 Å². The van der Waals surface area contributed by atoms with Crippen molar-refractivity contribution in [1.82, 2.24) is 9.13 Å². The zero-order chi connectivity index (χ0) is 19.4. The number of alkyl halides is 2. The van der Waals surface area contributed by atoms with Gasteiger partial charge >= 0.3 is 5.69 Å². The van der Waals surface area contributed by atoms with E-state index in [0.717, 1.165) is 32.9 Å². The molecule has 0 bridgehead atoms. The minimum absolute atomic E-state index is 0.236. The lowest BCUT2D eigenvalue weighted by Gasteiger charge is -2.12. The highest BCUT2D eigenvalue weighted by atomic mass is 79.9. The number of halogens is 3. The van der Waals surface area contributed by atoms with Crippen molar-refractivity contribution in [3.8, 4) is 0 Å². The third-order valence-electron chi connectivity index (χ3n) is 4.18. The molecule has 0 saturated carbocycles. The molecule has 1 heterocycles. The summed E-state index contributed by atoms with van der Waals surface area (Å²) in [7, 11) is 0. The number of aromatic nitrogens is 2. The maximum Gasteiger partial charge on any atom is 0.331 e. The van der Waals surface area contributed by atoms with Crippen LogP contribution in [0.5, 0.6) is 0 Å². The number of hydrogen-bond acceptors (Lipinski definition) is 2. The molecule has 0 fully saturated rings. The largest absolute Gasteiger partial charge is 0.331 e. The summed E-state index contributed by atoms with van der Waals surface area (Å²) >= 11 is 10.2. The lowest BCUT2D eigenvalue weighted by atomic mass is 10.1. The van der Waals surface area contributed by atoms with Crippen molar-refractivity contribution >= 4 is 47.8 Å². The van der Waals surface area contributed by atoms with E-state index in [9.17, 15) is 9.59 Å². The van der Waals surface area contributed by atoms with E-state index in [1.54, 1.807) is 10.8 Å². The van der Waals surface area contributed by atoms with Crippen LogP contribution in [-0.2, 0) is 23.7 Å². The first-order valence-electron chi connectivity index (χ1n) is 8.29. The molecule has 4 nitrogen and oxygen atoms in total. The summed E-state index contributed by atoms with van der Waals surface area (Å²) in [4.78, 5) is 25.5. The molecule has 7 heteroatoms. The standard InChI is InChI=1S/C20H17Br3N2O2/c21-9-14-3-1-5-16(7-14)11-24-13-18(23)19(26)25(20(24)27)12-17-6-2-4-15(8-17)10-22/h1-8,13H,9-12H2. The van der Waals surface area contributed by atoms with Gasteiger partial charge in [0.05, 0.1) is 17.6 Å². The third-order valence-corrected chi connectivity index (χ3v) is 6.02. The Morgan fingerprint density at radius 1 is 0.778 bits per heavy atom. The lowest BCUT2D eigenvalue weighted by Crippen LogP contribution is -2.40. The summed E-state index contributed by atoms with van der Waals surface area (Å²) in [6.07, 6.45) is 1.57. The van der Waals surface area contributed by atoms with Crippen molar-refractivity contribution in [2.24, 2.45) is 0 Å². The monoisotopic (exact) mass is 554 g/mol. The smallest absolute Gasteiger partial charge is 0.295 e. The van der Waals surface area contributed by atoms with E-state index < -0.39 is 0 Å². The molecule has 0 amide bonds. The first kappa shape index (κ1) is 20.3. The summed E-state index contributed by atoms with van der Waals surface area (Å²) < 4.78 is 3.20. The van der Waals surface area contributed by atoms with E-state index in [4.69, 9.17) is 0 Å². The zero-order valence-electron chi connectivity index (χ0n) is 14.4. The minimum Gasteiger partial charge on any atom is -0.295 e. The third kappa shape index (κ3) is 4.89. The van der Waals surface area contributed by atoms with Gasteiger partial charge in [0.25, 0.3) is 5.56 Å². The second-order valence-corrected chi connectivity index (χ2v) is 8.16. The molecular formula is C20H17Br3N2O2. The van der Waals surface area contributed by atoms with Gasteiger partial charge in [0.1, 0.15) is 0 Å². The van der Waals surface area contributed by atoms with Crippen molar-refractivity contribution in [2.45, 2.75) is 23.7 Å². The Morgan fingerprint density at radius 3 is 1.85 bits per heavy atom. The Kier molecular flexibility index (Phi) is 6.89. The van der Waals surface area contributed by atoms with Crippen molar-refractivity contribution < 1.29 is 0 Å². The van der Waals surface area contributed by atoms with Crippen LogP contribution < -0.4 is 11.2 Å². The van der Waals surface area contributed by atoms with Gasteiger partial charge < -0.3 is 0 Å². The first-order valence-corrected chi connectivity index (χ1v) is 11.3. The second-order valence-electron chi connectivity index (χ2n) is 6.19. The van der Waals surface area contributed by atoms with Gasteiger partial charge in [0.2, 0.25) is 0 Å². The summed E-state index contributed by atoms with van der Waals surface area (Å²) in [5.74, 6) is 0. The van der Waals surface area contributed by atoms with Crippen LogP contribution in [0.3, 0.4) is 0 Å². The molecule has 1 aromatic heterocycles. The van der Waals surface area contributed by atoms with Gasteiger partial charge in [0.15, 0.2) is 0 Å². The molecule has 0 spiro atoms. The van der Waals surface area contributed by atoms with Crippen molar-refractivity contribution in [3.63, 3.8) is 0 Å². The Hall–Kier alpha value is -1.44. The number of hydrogen-bond donors (Lipinski definition) is 0. The van der Waals surface area contributed by atoms with Gasteiger partial charge in [0, 0.05) is 16.9 Å². The van der Waals surface area contributed by atoms with Gasteiger partial charge in [-0.25, -0.2) is 4.79 Å². The van der Waals surface area contributed by atoms with Crippen LogP contribution in [0.2, 0.25) is 0 Å². The minimum atomic E-state index is -0.324. The van der Waals surface area contributed by atoms with E-state index >= 15 is 0 Å². The average molecular weight is 557 g/mol. The summed E-state index contributed by atoms with van der Waals surface area (Å²) in [6.45, 7) is 0.638. The van der Waals surface area contributed by atoms with Gasteiger partial charge in [-0.2, -0.15) is 0 Å². The maximum absolute atomic E-state index is 12.9. The van der Waals surface area contributed by atoms with E-state index in [-0.39, 0.29) is 17.8 Å². The molecule has 3 rings (SSSR count). The second kappa shape index (κ2) is 9.17. The molecule has 27 heavy (non-hydrogen) atoms. The van der Waals surface area contributed by atoms with E-state index in [2.05, 4.69) is 47.8 Å². The van der Waals surface area contributed by atoms with Crippen molar-refractivity contribution in [3.05, 3.63) is 102 Å². The normalized spacial score (nSPS) is 10.9. The van der Waals surface area contributed by atoms with Crippen molar-refractivity contribution in [2.75, 3.05) is 0 Å². The van der Waals surface area contributed by atoms with Crippen LogP contribution in [-0.4, -0.2) is 9.13 Å². The Balaban J connectivity index is 1.99.